The Balaban J connectivity index is 1.31. The molecule has 0 heterocycles. The molecule has 0 saturated heterocycles. The van der Waals surface area contributed by atoms with Crippen LogP contribution in [-0.2, 0) is 0 Å². The van der Waals surface area contributed by atoms with Gasteiger partial charge in [0.1, 0.15) is 0 Å². The first-order valence-corrected chi connectivity index (χ1v) is 12.7. The molecule has 0 spiro atoms. The van der Waals surface area contributed by atoms with E-state index in [1.807, 2.05) is 0 Å². The van der Waals surface area contributed by atoms with Crippen LogP contribution in [0.2, 0.25) is 0 Å². The van der Waals surface area contributed by atoms with Crippen molar-refractivity contribution in [3.63, 3.8) is 0 Å². The summed E-state index contributed by atoms with van der Waals surface area (Å²) in [5, 5.41) is 0. The van der Waals surface area contributed by atoms with Gasteiger partial charge in [0.25, 0.3) is 0 Å². The highest BCUT2D eigenvalue weighted by Gasteiger charge is 2.06. The molecule has 0 unspecified atom stereocenters. The van der Waals surface area contributed by atoms with Gasteiger partial charge in [-0.05, 0) is 66.8 Å². The van der Waals surface area contributed by atoms with Crippen LogP contribution in [0, 0.1) is 6.42 Å². The molecule has 0 aliphatic heterocycles. The molecule has 10 aliphatic carbocycles. The monoisotopic (exact) mass is 468 g/mol. The van der Waals surface area contributed by atoms with Crippen molar-refractivity contribution in [2.75, 3.05) is 0 Å². The fourth-order valence-electron chi connectivity index (χ4n) is 5.08. The summed E-state index contributed by atoms with van der Waals surface area (Å²) in [6.07, 6.45) is 3.53. The lowest BCUT2D eigenvalue weighted by atomic mass is 9.96. The van der Waals surface area contributed by atoms with Crippen LogP contribution in [0.15, 0.2) is 146 Å². The third-order valence-corrected chi connectivity index (χ3v) is 7.26. The quantitative estimate of drug-likeness (QED) is 0.208. The summed E-state index contributed by atoms with van der Waals surface area (Å²) >= 11 is 0. The third kappa shape index (κ3) is 4.28. The summed E-state index contributed by atoms with van der Waals surface area (Å²) in [5.74, 6) is 0. The lowest BCUT2D eigenvalue weighted by Gasteiger charge is -2.08. The molecule has 0 fully saturated rings. The average Bonchev–Trinajstić information content (AvgIpc) is 2.98. The summed E-state index contributed by atoms with van der Waals surface area (Å²) in [5.41, 5.74) is 14.4. The minimum Gasteiger partial charge on any atom is -0.0574 e. The Morgan fingerprint density at radius 1 is 0.189 bits per heavy atom. The molecule has 0 aromatic heterocycles. The lowest BCUT2D eigenvalue weighted by molar-refractivity contribution is 1.43. The average molecular weight is 469 g/mol. The number of hydrogen-bond acceptors (Lipinski definition) is 0. The molecule has 12 bridgehead atoms. The van der Waals surface area contributed by atoms with Crippen molar-refractivity contribution in [1.82, 2.24) is 0 Å². The zero-order valence-electron chi connectivity index (χ0n) is 20.4. The Bertz CT molecular complexity index is 1520. The normalized spacial score (nSPS) is 11.7. The highest BCUT2D eigenvalue weighted by Crippen LogP contribution is 2.31. The molecule has 0 nitrogen and oxygen atoms in total. The third-order valence-electron chi connectivity index (χ3n) is 7.26. The maximum Gasteiger partial charge on any atom is 0.0501 e. The second-order valence-corrected chi connectivity index (χ2v) is 9.59. The van der Waals surface area contributed by atoms with Crippen LogP contribution in [0.5, 0.6) is 0 Å². The van der Waals surface area contributed by atoms with E-state index >= 15 is 0 Å². The first-order valence-electron chi connectivity index (χ1n) is 12.7. The topological polar surface area (TPSA) is 0 Å². The summed E-state index contributed by atoms with van der Waals surface area (Å²) in [6, 6.07) is 52.6. The molecule has 16 rings (SSSR count). The number of hydrogen-bond donors (Lipinski definition) is 0. The molecule has 0 heteroatoms. The molecule has 0 amide bonds. The fraction of sp³-hybridized carbons (Fsp3) is 0. The molecule has 37 heavy (non-hydrogen) atoms. The molecule has 6 aromatic carbocycles. The maximum atomic E-state index is 3.53. The van der Waals surface area contributed by atoms with E-state index in [4.69, 9.17) is 0 Å². The van der Waals surface area contributed by atoms with E-state index in [-0.39, 0.29) is 0 Å². The van der Waals surface area contributed by atoms with Crippen LogP contribution in [0.1, 0.15) is 11.1 Å². The number of benzene rings is 6. The van der Waals surface area contributed by atoms with Crippen LogP contribution in [-0.4, -0.2) is 0 Å². The Hall–Kier alpha value is -4.68. The van der Waals surface area contributed by atoms with E-state index in [1.54, 1.807) is 0 Å². The van der Waals surface area contributed by atoms with Gasteiger partial charge in [0.2, 0.25) is 0 Å². The summed E-state index contributed by atoms with van der Waals surface area (Å²) in [6.45, 7) is 0. The molecule has 0 atom stereocenters. The van der Waals surface area contributed by atoms with Crippen molar-refractivity contribution in [1.29, 1.82) is 0 Å². The summed E-state index contributed by atoms with van der Waals surface area (Å²) in [4.78, 5) is 0. The molecule has 0 saturated carbocycles. The van der Waals surface area contributed by atoms with E-state index in [2.05, 4.69) is 152 Å². The second kappa shape index (κ2) is 9.08. The highest BCUT2D eigenvalue weighted by atomic mass is 14.1. The predicted octanol–water partition coefficient (Wildman–Crippen LogP) is 9.81. The van der Waals surface area contributed by atoms with Gasteiger partial charge in [0.05, 0.1) is 6.42 Å². The second-order valence-electron chi connectivity index (χ2n) is 9.59. The van der Waals surface area contributed by atoms with Crippen LogP contribution in [0.4, 0.5) is 0 Å². The largest absolute Gasteiger partial charge is 0.0574 e. The summed E-state index contributed by atoms with van der Waals surface area (Å²) < 4.78 is 0. The van der Waals surface area contributed by atoms with Gasteiger partial charge in [-0.2, -0.15) is 0 Å². The van der Waals surface area contributed by atoms with E-state index in [0.29, 0.717) is 0 Å². The Morgan fingerprint density at radius 3 is 0.486 bits per heavy atom. The lowest BCUT2D eigenvalue weighted by Crippen LogP contribution is -1.87. The standard InChI is InChI=1S/C37H24/c1-5-28-6-2-26(1)25-27-3-7-29(8-4-27)31-11-15-33(16-12-31)35-19-23-37(24-20-35)36-21-17-34(18-22-36)32-13-9-30(28)10-14-32/h1-24H. The van der Waals surface area contributed by atoms with E-state index < -0.39 is 0 Å². The smallest absolute Gasteiger partial charge is 0.0501 e. The van der Waals surface area contributed by atoms with E-state index in [0.717, 1.165) is 11.1 Å². The van der Waals surface area contributed by atoms with Crippen molar-refractivity contribution in [2.45, 2.75) is 0 Å². The molecule has 172 valence electrons. The van der Waals surface area contributed by atoms with Gasteiger partial charge in [-0.25, -0.2) is 0 Å². The van der Waals surface area contributed by atoms with Crippen molar-refractivity contribution in [3.8, 4) is 55.6 Å². The molecule has 10 aliphatic rings. The van der Waals surface area contributed by atoms with Crippen molar-refractivity contribution in [3.05, 3.63) is 163 Å². The highest BCUT2D eigenvalue weighted by molar-refractivity contribution is 5.76. The molecular formula is C37H24. The Kier molecular flexibility index (Phi) is 5.30. The first-order chi connectivity index (χ1) is 18.3. The summed E-state index contributed by atoms with van der Waals surface area (Å²) in [7, 11) is 0. The SMILES string of the molecule is [C]1c2ccc(cc2)-c2ccc(cc2)-c2ccc(cc2)-c2ccc(cc2)-c2ccc(cc2)-c2ccc1cc2. The fourth-order valence-corrected chi connectivity index (χ4v) is 5.08. The minimum absolute atomic E-state index is 1.08. The van der Waals surface area contributed by atoms with Crippen molar-refractivity contribution < 1.29 is 0 Å². The van der Waals surface area contributed by atoms with Crippen molar-refractivity contribution >= 4 is 0 Å². The molecule has 2 radical (unpaired) electrons. The molecular weight excluding hydrogens is 444 g/mol. The Labute approximate surface area is 218 Å². The van der Waals surface area contributed by atoms with Gasteiger partial charge in [-0.15, -0.1) is 0 Å². The zero-order chi connectivity index (χ0) is 24.6. The molecule has 0 N–H and O–H groups in total. The molecule has 6 aromatic rings. The first kappa shape index (κ1) is 21.6. The zero-order valence-corrected chi connectivity index (χ0v) is 20.4. The van der Waals surface area contributed by atoms with Gasteiger partial charge in [-0.1, -0.05) is 146 Å². The van der Waals surface area contributed by atoms with E-state index in [1.165, 1.54) is 55.6 Å². The maximum absolute atomic E-state index is 3.53. The van der Waals surface area contributed by atoms with Gasteiger partial charge < -0.3 is 0 Å². The minimum atomic E-state index is 1.08. The van der Waals surface area contributed by atoms with E-state index in [9.17, 15) is 0 Å². The van der Waals surface area contributed by atoms with Crippen molar-refractivity contribution in [2.24, 2.45) is 0 Å². The Morgan fingerprint density at radius 2 is 0.324 bits per heavy atom. The van der Waals surface area contributed by atoms with Gasteiger partial charge in [-0.3, -0.25) is 0 Å². The van der Waals surface area contributed by atoms with Gasteiger partial charge in [0, 0.05) is 0 Å². The van der Waals surface area contributed by atoms with Crippen LogP contribution >= 0.6 is 0 Å². The van der Waals surface area contributed by atoms with Crippen LogP contribution in [0.25, 0.3) is 55.6 Å². The predicted molar refractivity (Wildman–Crippen MR) is 155 cm³/mol. The van der Waals surface area contributed by atoms with Crippen LogP contribution < -0.4 is 0 Å². The van der Waals surface area contributed by atoms with Crippen LogP contribution in [0.3, 0.4) is 0 Å². The van der Waals surface area contributed by atoms with Gasteiger partial charge in [0.15, 0.2) is 0 Å². The van der Waals surface area contributed by atoms with Gasteiger partial charge >= 0.3 is 0 Å². The number of rotatable bonds is 0.